The van der Waals surface area contributed by atoms with Crippen molar-refractivity contribution in [3.8, 4) is 0 Å². The van der Waals surface area contributed by atoms with Gasteiger partial charge in [-0.1, -0.05) is 72.8 Å². The molecule has 5 heteroatoms. The summed E-state index contributed by atoms with van der Waals surface area (Å²) < 4.78 is 0. The molecule has 0 fully saturated rings. The van der Waals surface area contributed by atoms with Crippen LogP contribution in [-0.2, 0) is 13.1 Å². The average Bonchev–Trinajstić information content (AvgIpc) is 2.68. The van der Waals surface area contributed by atoms with E-state index >= 15 is 0 Å². The first-order chi connectivity index (χ1) is 12.6. The molecule has 3 aromatic carbocycles. The van der Waals surface area contributed by atoms with E-state index in [1.54, 1.807) is 23.1 Å². The molecule has 0 saturated carbocycles. The summed E-state index contributed by atoms with van der Waals surface area (Å²) in [7, 11) is -1.60. The molecule has 0 aliphatic carbocycles. The van der Waals surface area contributed by atoms with Crippen LogP contribution in [0.15, 0.2) is 84.9 Å². The van der Waals surface area contributed by atoms with Crippen LogP contribution < -0.4 is 5.46 Å². The van der Waals surface area contributed by atoms with Gasteiger partial charge in [-0.2, -0.15) is 0 Å². The highest BCUT2D eigenvalue weighted by Gasteiger charge is 2.19. The molecule has 0 bridgehead atoms. The number of hydrogen-bond donors (Lipinski definition) is 2. The molecule has 0 aliphatic rings. The van der Waals surface area contributed by atoms with Crippen LogP contribution in [0.4, 0.5) is 0 Å². The Morgan fingerprint density at radius 1 is 0.769 bits per heavy atom. The third-order valence-corrected chi connectivity index (χ3v) is 4.15. The van der Waals surface area contributed by atoms with E-state index in [-0.39, 0.29) is 5.91 Å². The third kappa shape index (κ3) is 4.60. The first-order valence-electron chi connectivity index (χ1n) is 8.47. The van der Waals surface area contributed by atoms with E-state index in [1.807, 2.05) is 60.7 Å². The van der Waals surface area contributed by atoms with E-state index in [2.05, 4.69) is 0 Å². The average molecular weight is 345 g/mol. The maximum atomic E-state index is 13.1. The standard InChI is InChI=1S/C21H20BNO3/c24-21(19-12-7-13-20(14-19)22(25)26)23(15-17-8-3-1-4-9-17)16-18-10-5-2-6-11-18/h1-14,25-26H,15-16H2. The van der Waals surface area contributed by atoms with Crippen LogP contribution in [0.3, 0.4) is 0 Å². The fraction of sp³-hybridized carbons (Fsp3) is 0.0952. The molecule has 0 atom stereocenters. The number of nitrogens with zero attached hydrogens (tertiary/aromatic N) is 1. The lowest BCUT2D eigenvalue weighted by molar-refractivity contribution is 0.0730. The molecule has 4 nitrogen and oxygen atoms in total. The molecule has 0 radical (unpaired) electrons. The fourth-order valence-electron chi connectivity index (χ4n) is 2.82. The maximum Gasteiger partial charge on any atom is 0.488 e. The van der Waals surface area contributed by atoms with Gasteiger partial charge in [-0.25, -0.2) is 0 Å². The molecule has 130 valence electrons. The van der Waals surface area contributed by atoms with E-state index in [0.29, 0.717) is 24.1 Å². The molecule has 3 rings (SSSR count). The Labute approximate surface area is 153 Å². The summed E-state index contributed by atoms with van der Waals surface area (Å²) in [6, 6.07) is 26.1. The Morgan fingerprint density at radius 3 is 1.81 bits per heavy atom. The normalized spacial score (nSPS) is 10.4. The van der Waals surface area contributed by atoms with Gasteiger partial charge in [0.25, 0.3) is 5.91 Å². The summed E-state index contributed by atoms with van der Waals surface area (Å²) in [5, 5.41) is 18.7. The molecular formula is C21H20BNO3. The Hall–Kier alpha value is -2.89. The molecule has 2 N–H and O–H groups in total. The number of hydrogen-bond acceptors (Lipinski definition) is 3. The molecule has 0 saturated heterocycles. The van der Waals surface area contributed by atoms with Crippen LogP contribution in [0.2, 0.25) is 0 Å². The second kappa shape index (κ2) is 8.47. The van der Waals surface area contributed by atoms with Gasteiger partial charge in [-0.15, -0.1) is 0 Å². The quantitative estimate of drug-likeness (QED) is 0.674. The monoisotopic (exact) mass is 345 g/mol. The number of benzene rings is 3. The highest BCUT2D eigenvalue weighted by molar-refractivity contribution is 6.58. The fourth-order valence-corrected chi connectivity index (χ4v) is 2.82. The van der Waals surface area contributed by atoms with E-state index < -0.39 is 7.12 Å². The van der Waals surface area contributed by atoms with E-state index in [0.717, 1.165) is 11.1 Å². The summed E-state index contributed by atoms with van der Waals surface area (Å²) in [6.45, 7) is 0.945. The molecular weight excluding hydrogens is 325 g/mol. The molecule has 3 aromatic rings. The minimum atomic E-state index is -1.60. The van der Waals surface area contributed by atoms with Gasteiger partial charge in [0, 0.05) is 18.7 Å². The summed E-state index contributed by atoms with van der Waals surface area (Å²) in [4.78, 5) is 14.8. The second-order valence-electron chi connectivity index (χ2n) is 6.13. The smallest absolute Gasteiger partial charge is 0.423 e. The summed E-state index contributed by atoms with van der Waals surface area (Å²) in [5.74, 6) is -0.153. The minimum absolute atomic E-state index is 0.153. The Morgan fingerprint density at radius 2 is 1.31 bits per heavy atom. The van der Waals surface area contributed by atoms with Crippen molar-refractivity contribution in [2.24, 2.45) is 0 Å². The van der Waals surface area contributed by atoms with Gasteiger partial charge in [-0.3, -0.25) is 4.79 Å². The van der Waals surface area contributed by atoms with Crippen molar-refractivity contribution >= 4 is 18.5 Å². The molecule has 26 heavy (non-hydrogen) atoms. The minimum Gasteiger partial charge on any atom is -0.423 e. The van der Waals surface area contributed by atoms with Crippen LogP contribution in [-0.4, -0.2) is 28.0 Å². The lowest BCUT2D eigenvalue weighted by Gasteiger charge is -2.23. The summed E-state index contributed by atoms with van der Waals surface area (Å²) >= 11 is 0. The van der Waals surface area contributed by atoms with E-state index in [1.165, 1.54) is 6.07 Å². The molecule has 0 aromatic heterocycles. The van der Waals surface area contributed by atoms with Gasteiger partial charge in [-0.05, 0) is 28.7 Å². The second-order valence-corrected chi connectivity index (χ2v) is 6.13. The van der Waals surface area contributed by atoms with Crippen LogP contribution >= 0.6 is 0 Å². The highest BCUT2D eigenvalue weighted by atomic mass is 16.4. The van der Waals surface area contributed by atoms with Crippen molar-refractivity contribution in [1.82, 2.24) is 4.90 Å². The van der Waals surface area contributed by atoms with Crippen LogP contribution in [0.25, 0.3) is 0 Å². The Kier molecular flexibility index (Phi) is 5.84. The SMILES string of the molecule is O=C(c1cccc(B(O)O)c1)N(Cc1ccccc1)Cc1ccccc1. The third-order valence-electron chi connectivity index (χ3n) is 4.15. The lowest BCUT2D eigenvalue weighted by Crippen LogP contribution is -2.33. The van der Waals surface area contributed by atoms with Gasteiger partial charge in [0.05, 0.1) is 0 Å². The predicted octanol–water partition coefficient (Wildman–Crippen LogP) is 2.21. The van der Waals surface area contributed by atoms with Crippen molar-refractivity contribution < 1.29 is 14.8 Å². The van der Waals surface area contributed by atoms with Crippen LogP contribution in [0.5, 0.6) is 0 Å². The van der Waals surface area contributed by atoms with Crippen LogP contribution in [0.1, 0.15) is 21.5 Å². The zero-order chi connectivity index (χ0) is 18.4. The molecule has 0 heterocycles. The summed E-state index contributed by atoms with van der Waals surface area (Å²) in [6.07, 6.45) is 0. The zero-order valence-corrected chi connectivity index (χ0v) is 14.3. The number of carbonyl (C=O) groups is 1. The van der Waals surface area contributed by atoms with Gasteiger partial charge in [0.2, 0.25) is 0 Å². The van der Waals surface area contributed by atoms with Gasteiger partial charge >= 0.3 is 7.12 Å². The predicted molar refractivity (Wildman–Crippen MR) is 103 cm³/mol. The number of rotatable bonds is 6. The topological polar surface area (TPSA) is 60.8 Å². The van der Waals surface area contributed by atoms with Gasteiger partial charge in [0.1, 0.15) is 0 Å². The molecule has 0 aliphatic heterocycles. The van der Waals surface area contributed by atoms with Crippen molar-refractivity contribution in [3.05, 3.63) is 102 Å². The first-order valence-corrected chi connectivity index (χ1v) is 8.47. The van der Waals surface area contributed by atoms with Crippen molar-refractivity contribution in [2.75, 3.05) is 0 Å². The van der Waals surface area contributed by atoms with Gasteiger partial charge < -0.3 is 14.9 Å². The Bertz CT molecular complexity index is 812. The van der Waals surface area contributed by atoms with E-state index in [9.17, 15) is 14.8 Å². The highest BCUT2D eigenvalue weighted by Crippen LogP contribution is 2.14. The van der Waals surface area contributed by atoms with E-state index in [4.69, 9.17) is 0 Å². The zero-order valence-electron chi connectivity index (χ0n) is 14.3. The van der Waals surface area contributed by atoms with Crippen molar-refractivity contribution in [3.63, 3.8) is 0 Å². The molecule has 1 amide bonds. The van der Waals surface area contributed by atoms with Crippen molar-refractivity contribution in [2.45, 2.75) is 13.1 Å². The first kappa shape index (κ1) is 17.9. The number of carbonyl (C=O) groups excluding carboxylic acids is 1. The number of amides is 1. The Balaban J connectivity index is 1.88. The maximum absolute atomic E-state index is 13.1. The van der Waals surface area contributed by atoms with Crippen molar-refractivity contribution in [1.29, 1.82) is 0 Å². The molecule has 0 spiro atoms. The largest absolute Gasteiger partial charge is 0.488 e. The van der Waals surface area contributed by atoms with Crippen LogP contribution in [0, 0.1) is 0 Å². The lowest BCUT2D eigenvalue weighted by atomic mass is 9.79. The summed E-state index contributed by atoms with van der Waals surface area (Å²) in [5.41, 5.74) is 2.81. The van der Waals surface area contributed by atoms with Gasteiger partial charge in [0.15, 0.2) is 0 Å². The molecule has 0 unspecified atom stereocenters.